The Labute approximate surface area is 111 Å². The summed E-state index contributed by atoms with van der Waals surface area (Å²) in [7, 11) is 0. The highest BCUT2D eigenvalue weighted by Crippen LogP contribution is 2.43. The molecule has 3 aromatic heterocycles. The molecule has 0 aliphatic carbocycles. The van der Waals surface area contributed by atoms with Gasteiger partial charge in [0, 0.05) is 16.3 Å². The molecule has 94 valence electrons. The number of nitrogens with zero attached hydrogens (tertiary/aromatic N) is 1. The number of halogens is 1. The van der Waals surface area contributed by atoms with Crippen molar-refractivity contribution in [2.75, 3.05) is 5.73 Å². The minimum Gasteiger partial charge on any atom is -0.464 e. The van der Waals surface area contributed by atoms with Crippen molar-refractivity contribution >= 4 is 39.4 Å². The second-order valence-corrected chi connectivity index (χ2v) is 4.50. The number of benzene rings is 1. The standard InChI is InChI=1S/C13H7ClN2O3/c14-10-7-2-4-17-11(7)9(6-1-3-18-12(6)10)8-5-16-19-13(8)15/h1-5H,15H2. The number of anilines is 1. The van der Waals surface area contributed by atoms with Crippen LogP contribution in [-0.4, -0.2) is 5.16 Å². The third-order valence-electron chi connectivity index (χ3n) is 3.13. The zero-order valence-electron chi connectivity index (χ0n) is 9.51. The van der Waals surface area contributed by atoms with Crippen molar-refractivity contribution in [1.82, 2.24) is 5.16 Å². The van der Waals surface area contributed by atoms with E-state index in [4.69, 9.17) is 30.7 Å². The molecule has 3 heterocycles. The fourth-order valence-corrected chi connectivity index (χ4v) is 2.60. The summed E-state index contributed by atoms with van der Waals surface area (Å²) in [5.74, 6) is 0.225. The van der Waals surface area contributed by atoms with Gasteiger partial charge in [-0.15, -0.1) is 0 Å². The molecule has 0 saturated heterocycles. The van der Waals surface area contributed by atoms with Gasteiger partial charge in [0.25, 0.3) is 0 Å². The van der Waals surface area contributed by atoms with Crippen LogP contribution in [0.1, 0.15) is 0 Å². The Kier molecular flexibility index (Phi) is 1.97. The predicted octanol–water partition coefficient (Wildman–Crippen LogP) is 4.07. The number of nitrogens with two attached hydrogens (primary N) is 1. The first kappa shape index (κ1) is 10.5. The molecule has 4 aromatic rings. The fraction of sp³-hybridized carbons (Fsp3) is 0. The highest BCUT2D eigenvalue weighted by Gasteiger charge is 2.21. The van der Waals surface area contributed by atoms with Gasteiger partial charge in [0.1, 0.15) is 5.58 Å². The van der Waals surface area contributed by atoms with Gasteiger partial charge in [0.2, 0.25) is 5.88 Å². The maximum atomic E-state index is 6.31. The van der Waals surface area contributed by atoms with E-state index in [0.29, 0.717) is 21.8 Å². The lowest BCUT2D eigenvalue weighted by Crippen LogP contribution is -1.86. The molecule has 0 unspecified atom stereocenters. The Hall–Kier alpha value is -2.40. The zero-order valence-corrected chi connectivity index (χ0v) is 10.3. The smallest absolute Gasteiger partial charge is 0.230 e. The highest BCUT2D eigenvalue weighted by molar-refractivity contribution is 6.41. The minimum atomic E-state index is 0.225. The topological polar surface area (TPSA) is 78.3 Å². The lowest BCUT2D eigenvalue weighted by Gasteiger charge is -2.04. The van der Waals surface area contributed by atoms with Gasteiger partial charge < -0.3 is 19.1 Å². The van der Waals surface area contributed by atoms with Crippen molar-refractivity contribution in [1.29, 1.82) is 0 Å². The van der Waals surface area contributed by atoms with E-state index < -0.39 is 0 Å². The molecule has 0 aliphatic heterocycles. The maximum Gasteiger partial charge on any atom is 0.230 e. The minimum absolute atomic E-state index is 0.225. The van der Waals surface area contributed by atoms with Crippen LogP contribution < -0.4 is 5.73 Å². The summed E-state index contributed by atoms with van der Waals surface area (Å²) in [6, 6.07) is 3.60. The average molecular weight is 275 g/mol. The third-order valence-corrected chi connectivity index (χ3v) is 3.51. The van der Waals surface area contributed by atoms with E-state index >= 15 is 0 Å². The summed E-state index contributed by atoms with van der Waals surface area (Å²) in [4.78, 5) is 0. The van der Waals surface area contributed by atoms with Crippen molar-refractivity contribution in [3.63, 3.8) is 0 Å². The van der Waals surface area contributed by atoms with E-state index in [1.54, 1.807) is 24.8 Å². The van der Waals surface area contributed by atoms with E-state index in [-0.39, 0.29) is 5.88 Å². The van der Waals surface area contributed by atoms with Crippen LogP contribution in [0.4, 0.5) is 5.88 Å². The molecule has 0 saturated carbocycles. The molecule has 2 N–H and O–H groups in total. The predicted molar refractivity (Wildman–Crippen MR) is 70.9 cm³/mol. The van der Waals surface area contributed by atoms with Crippen LogP contribution in [0.15, 0.2) is 44.2 Å². The van der Waals surface area contributed by atoms with Crippen LogP contribution in [0.5, 0.6) is 0 Å². The van der Waals surface area contributed by atoms with Crippen LogP contribution in [-0.2, 0) is 0 Å². The number of rotatable bonds is 1. The van der Waals surface area contributed by atoms with E-state index in [1.165, 1.54) is 0 Å². The second kappa shape index (κ2) is 3.55. The monoisotopic (exact) mass is 274 g/mol. The normalized spacial score (nSPS) is 11.6. The van der Waals surface area contributed by atoms with Crippen LogP contribution in [0.25, 0.3) is 33.1 Å². The van der Waals surface area contributed by atoms with Gasteiger partial charge in [-0.25, -0.2) is 0 Å². The molecule has 19 heavy (non-hydrogen) atoms. The lowest BCUT2D eigenvalue weighted by atomic mass is 10.0. The number of aromatic nitrogens is 1. The van der Waals surface area contributed by atoms with E-state index in [1.807, 2.05) is 6.07 Å². The van der Waals surface area contributed by atoms with E-state index in [2.05, 4.69) is 5.16 Å². The molecule has 0 fully saturated rings. The highest BCUT2D eigenvalue weighted by atomic mass is 35.5. The fourth-order valence-electron chi connectivity index (χ4n) is 2.30. The number of hydrogen-bond acceptors (Lipinski definition) is 5. The van der Waals surface area contributed by atoms with Gasteiger partial charge >= 0.3 is 0 Å². The molecule has 0 amide bonds. The molecular formula is C13H7ClN2O3. The number of hydrogen-bond donors (Lipinski definition) is 1. The van der Waals surface area contributed by atoms with Gasteiger partial charge in [0.05, 0.1) is 29.3 Å². The van der Waals surface area contributed by atoms with Crippen LogP contribution >= 0.6 is 11.6 Å². The Morgan fingerprint density at radius 3 is 2.53 bits per heavy atom. The van der Waals surface area contributed by atoms with Gasteiger partial charge in [-0.1, -0.05) is 16.8 Å². The Morgan fingerprint density at radius 1 is 1.05 bits per heavy atom. The Balaban J connectivity index is 2.29. The molecular weight excluding hydrogens is 268 g/mol. The summed E-state index contributed by atoms with van der Waals surface area (Å²) in [6.07, 6.45) is 4.69. The van der Waals surface area contributed by atoms with Gasteiger partial charge in [-0.2, -0.15) is 0 Å². The van der Waals surface area contributed by atoms with Crippen molar-refractivity contribution in [2.24, 2.45) is 0 Å². The van der Waals surface area contributed by atoms with Crippen molar-refractivity contribution in [3.8, 4) is 11.1 Å². The van der Waals surface area contributed by atoms with Gasteiger partial charge in [-0.3, -0.25) is 0 Å². The Morgan fingerprint density at radius 2 is 1.79 bits per heavy atom. The summed E-state index contributed by atoms with van der Waals surface area (Å²) < 4.78 is 15.9. The molecule has 1 aromatic carbocycles. The van der Waals surface area contributed by atoms with Gasteiger partial charge in [0.15, 0.2) is 5.58 Å². The van der Waals surface area contributed by atoms with E-state index in [0.717, 1.165) is 16.3 Å². The SMILES string of the molecule is Nc1oncc1-c1c2ccoc2c(Cl)c2ccoc12. The second-order valence-electron chi connectivity index (χ2n) is 4.12. The van der Waals surface area contributed by atoms with Crippen LogP contribution in [0.2, 0.25) is 5.02 Å². The summed E-state index contributed by atoms with van der Waals surface area (Å²) in [5, 5.41) is 5.79. The quantitative estimate of drug-likeness (QED) is 0.566. The van der Waals surface area contributed by atoms with Crippen LogP contribution in [0, 0.1) is 0 Å². The first-order valence-corrected chi connectivity index (χ1v) is 5.91. The van der Waals surface area contributed by atoms with Crippen molar-refractivity contribution in [2.45, 2.75) is 0 Å². The molecule has 0 atom stereocenters. The van der Waals surface area contributed by atoms with E-state index in [9.17, 15) is 0 Å². The average Bonchev–Trinajstić information content (AvgIpc) is 3.10. The molecule has 0 aliphatic rings. The number of nitrogen functional groups attached to an aromatic ring is 1. The first-order valence-electron chi connectivity index (χ1n) is 5.53. The summed E-state index contributed by atoms with van der Waals surface area (Å²) in [6.45, 7) is 0. The number of fused-ring (bicyclic) bond motifs is 2. The molecule has 0 radical (unpaired) electrons. The number of furan rings is 2. The largest absolute Gasteiger partial charge is 0.464 e. The molecule has 6 heteroatoms. The third kappa shape index (κ3) is 1.27. The van der Waals surface area contributed by atoms with Crippen molar-refractivity contribution < 1.29 is 13.4 Å². The van der Waals surface area contributed by atoms with Gasteiger partial charge in [-0.05, 0) is 12.1 Å². The zero-order chi connectivity index (χ0) is 13.0. The molecule has 0 spiro atoms. The molecule has 0 bridgehead atoms. The first-order chi connectivity index (χ1) is 9.27. The summed E-state index contributed by atoms with van der Waals surface area (Å²) in [5.41, 5.74) is 8.44. The Bertz CT molecular complexity index is 851. The van der Waals surface area contributed by atoms with Crippen LogP contribution in [0.3, 0.4) is 0 Å². The summed E-state index contributed by atoms with van der Waals surface area (Å²) >= 11 is 6.31. The lowest BCUT2D eigenvalue weighted by molar-refractivity contribution is 0.436. The molecule has 4 rings (SSSR count). The van der Waals surface area contributed by atoms with Crippen molar-refractivity contribution in [3.05, 3.63) is 35.9 Å². The maximum absolute atomic E-state index is 6.31. The molecule has 5 nitrogen and oxygen atoms in total.